The lowest BCUT2D eigenvalue weighted by molar-refractivity contribution is 0.301. The molecule has 0 radical (unpaired) electrons. The van der Waals surface area contributed by atoms with Crippen molar-refractivity contribution < 1.29 is 4.74 Å². The fraction of sp³-hybridized carbons (Fsp3) is 0.294. The lowest BCUT2D eigenvalue weighted by Gasteiger charge is -2.16. The Morgan fingerprint density at radius 1 is 1.20 bits per heavy atom. The molecule has 2 aromatic rings. The predicted molar refractivity (Wildman–Crippen MR) is 88.0 cm³/mol. The van der Waals surface area contributed by atoms with Crippen LogP contribution in [0, 0.1) is 0 Å². The molecule has 20 heavy (non-hydrogen) atoms. The van der Waals surface area contributed by atoms with Crippen LogP contribution in [0.3, 0.4) is 0 Å². The molecule has 106 valence electrons. The standard InChI is InChI=1S/C17H20BrNO/c1-3-12(2)16-6-4-5-7-17(16)20-11-13-8-14(18)10-15(19)9-13/h4-10,12H,3,11,19H2,1-2H3. The number of anilines is 1. The van der Waals surface area contributed by atoms with E-state index in [-0.39, 0.29) is 0 Å². The molecule has 0 saturated heterocycles. The lowest BCUT2D eigenvalue weighted by Crippen LogP contribution is -2.01. The Bertz CT molecular complexity index is 563. The molecule has 0 saturated carbocycles. The van der Waals surface area contributed by atoms with Crippen molar-refractivity contribution in [2.24, 2.45) is 0 Å². The predicted octanol–water partition coefficient (Wildman–Crippen LogP) is 5.12. The van der Waals surface area contributed by atoms with Crippen LogP contribution in [-0.4, -0.2) is 0 Å². The number of hydrogen-bond acceptors (Lipinski definition) is 2. The number of para-hydroxylation sites is 1. The molecular weight excluding hydrogens is 314 g/mol. The van der Waals surface area contributed by atoms with E-state index in [0.717, 1.165) is 27.9 Å². The van der Waals surface area contributed by atoms with Crippen LogP contribution in [-0.2, 0) is 6.61 Å². The summed E-state index contributed by atoms with van der Waals surface area (Å²) in [7, 11) is 0. The van der Waals surface area contributed by atoms with Gasteiger partial charge in [-0.3, -0.25) is 0 Å². The first-order chi connectivity index (χ1) is 9.60. The Hall–Kier alpha value is -1.48. The summed E-state index contributed by atoms with van der Waals surface area (Å²) >= 11 is 3.45. The molecule has 0 aliphatic heterocycles. The van der Waals surface area contributed by atoms with E-state index >= 15 is 0 Å². The zero-order chi connectivity index (χ0) is 14.5. The average molecular weight is 334 g/mol. The van der Waals surface area contributed by atoms with Crippen molar-refractivity contribution in [3.05, 3.63) is 58.1 Å². The van der Waals surface area contributed by atoms with Gasteiger partial charge in [-0.15, -0.1) is 0 Å². The maximum atomic E-state index is 5.98. The Morgan fingerprint density at radius 3 is 2.65 bits per heavy atom. The average Bonchev–Trinajstić information content (AvgIpc) is 2.43. The SMILES string of the molecule is CCC(C)c1ccccc1OCc1cc(N)cc(Br)c1. The second-order valence-electron chi connectivity index (χ2n) is 5.03. The molecule has 0 heterocycles. The minimum Gasteiger partial charge on any atom is -0.489 e. The van der Waals surface area contributed by atoms with Crippen molar-refractivity contribution in [1.29, 1.82) is 0 Å². The van der Waals surface area contributed by atoms with E-state index in [1.165, 1.54) is 5.56 Å². The number of halogens is 1. The highest BCUT2D eigenvalue weighted by Gasteiger charge is 2.09. The van der Waals surface area contributed by atoms with Crippen molar-refractivity contribution >= 4 is 21.6 Å². The van der Waals surface area contributed by atoms with Crippen LogP contribution in [0.1, 0.15) is 37.3 Å². The number of hydrogen-bond donors (Lipinski definition) is 1. The maximum Gasteiger partial charge on any atom is 0.123 e. The highest BCUT2D eigenvalue weighted by Crippen LogP contribution is 2.29. The van der Waals surface area contributed by atoms with E-state index in [4.69, 9.17) is 10.5 Å². The van der Waals surface area contributed by atoms with E-state index < -0.39 is 0 Å². The second kappa shape index (κ2) is 6.80. The number of benzene rings is 2. The van der Waals surface area contributed by atoms with Crippen LogP contribution >= 0.6 is 15.9 Å². The minimum absolute atomic E-state index is 0.499. The van der Waals surface area contributed by atoms with Gasteiger partial charge in [0.2, 0.25) is 0 Å². The van der Waals surface area contributed by atoms with Crippen molar-refractivity contribution in [2.45, 2.75) is 32.8 Å². The fourth-order valence-electron chi connectivity index (χ4n) is 2.16. The van der Waals surface area contributed by atoms with E-state index in [1.807, 2.05) is 30.3 Å². The molecule has 0 aliphatic carbocycles. The number of rotatable bonds is 5. The van der Waals surface area contributed by atoms with Crippen LogP contribution in [0.2, 0.25) is 0 Å². The molecule has 0 aliphatic rings. The Balaban J connectivity index is 2.14. The van der Waals surface area contributed by atoms with Gasteiger partial charge in [0.1, 0.15) is 12.4 Å². The Kier molecular flexibility index (Phi) is 5.07. The van der Waals surface area contributed by atoms with Gasteiger partial charge in [-0.1, -0.05) is 48.0 Å². The van der Waals surface area contributed by atoms with Crippen molar-refractivity contribution in [3.8, 4) is 5.75 Å². The zero-order valence-electron chi connectivity index (χ0n) is 11.9. The van der Waals surface area contributed by atoms with Gasteiger partial charge in [0, 0.05) is 10.2 Å². The highest BCUT2D eigenvalue weighted by molar-refractivity contribution is 9.10. The number of ether oxygens (including phenoxy) is 1. The van der Waals surface area contributed by atoms with Crippen molar-refractivity contribution in [2.75, 3.05) is 5.73 Å². The van der Waals surface area contributed by atoms with Crippen LogP contribution in [0.5, 0.6) is 5.75 Å². The highest BCUT2D eigenvalue weighted by atomic mass is 79.9. The Labute approximate surface area is 129 Å². The van der Waals surface area contributed by atoms with Gasteiger partial charge in [-0.05, 0) is 47.7 Å². The third-order valence-corrected chi connectivity index (χ3v) is 3.89. The van der Waals surface area contributed by atoms with Gasteiger partial charge >= 0.3 is 0 Å². The smallest absolute Gasteiger partial charge is 0.123 e. The first-order valence-electron chi connectivity index (χ1n) is 6.86. The first-order valence-corrected chi connectivity index (χ1v) is 7.66. The van der Waals surface area contributed by atoms with Crippen molar-refractivity contribution in [1.82, 2.24) is 0 Å². The van der Waals surface area contributed by atoms with Gasteiger partial charge in [0.05, 0.1) is 0 Å². The van der Waals surface area contributed by atoms with E-state index in [2.05, 4.69) is 41.9 Å². The molecule has 1 unspecified atom stereocenters. The molecule has 3 heteroatoms. The molecule has 2 aromatic carbocycles. The summed E-state index contributed by atoms with van der Waals surface area (Å²) in [6.45, 7) is 4.94. The monoisotopic (exact) mass is 333 g/mol. The van der Waals surface area contributed by atoms with Crippen molar-refractivity contribution in [3.63, 3.8) is 0 Å². The molecule has 1 atom stereocenters. The molecular formula is C17H20BrNO. The summed E-state index contributed by atoms with van der Waals surface area (Å²) in [5.74, 6) is 1.46. The van der Waals surface area contributed by atoms with Crippen LogP contribution in [0.15, 0.2) is 46.9 Å². The summed E-state index contributed by atoms with van der Waals surface area (Å²) in [5, 5.41) is 0. The third-order valence-electron chi connectivity index (χ3n) is 3.44. The molecule has 0 spiro atoms. The zero-order valence-corrected chi connectivity index (χ0v) is 13.5. The second-order valence-corrected chi connectivity index (χ2v) is 5.94. The molecule has 0 aromatic heterocycles. The quantitative estimate of drug-likeness (QED) is 0.770. The Morgan fingerprint density at radius 2 is 1.95 bits per heavy atom. The normalized spacial score (nSPS) is 12.2. The van der Waals surface area contributed by atoms with Crippen LogP contribution < -0.4 is 10.5 Å². The van der Waals surface area contributed by atoms with Gasteiger partial charge in [0.15, 0.2) is 0 Å². The summed E-state index contributed by atoms with van der Waals surface area (Å²) in [4.78, 5) is 0. The van der Waals surface area contributed by atoms with E-state index in [9.17, 15) is 0 Å². The summed E-state index contributed by atoms with van der Waals surface area (Å²) in [5.41, 5.74) is 8.91. The number of nitrogen functional groups attached to an aromatic ring is 1. The molecule has 2 nitrogen and oxygen atoms in total. The minimum atomic E-state index is 0.499. The van der Waals surface area contributed by atoms with Crippen LogP contribution in [0.4, 0.5) is 5.69 Å². The largest absolute Gasteiger partial charge is 0.489 e. The fourth-order valence-corrected chi connectivity index (χ4v) is 2.72. The maximum absolute atomic E-state index is 5.98. The van der Waals surface area contributed by atoms with Crippen LogP contribution in [0.25, 0.3) is 0 Å². The molecule has 0 bridgehead atoms. The molecule has 2 N–H and O–H groups in total. The van der Waals surface area contributed by atoms with E-state index in [0.29, 0.717) is 12.5 Å². The molecule has 0 amide bonds. The molecule has 0 fully saturated rings. The number of nitrogens with two attached hydrogens (primary N) is 1. The topological polar surface area (TPSA) is 35.2 Å². The summed E-state index contributed by atoms with van der Waals surface area (Å²) < 4.78 is 6.96. The molecule has 2 rings (SSSR count). The first kappa shape index (κ1) is 14.9. The summed E-state index contributed by atoms with van der Waals surface area (Å²) in [6, 6.07) is 14.1. The van der Waals surface area contributed by atoms with Gasteiger partial charge in [0.25, 0.3) is 0 Å². The van der Waals surface area contributed by atoms with Gasteiger partial charge in [-0.2, -0.15) is 0 Å². The van der Waals surface area contributed by atoms with Gasteiger partial charge < -0.3 is 10.5 Å². The third kappa shape index (κ3) is 3.76. The van der Waals surface area contributed by atoms with Gasteiger partial charge in [-0.25, -0.2) is 0 Å². The lowest BCUT2D eigenvalue weighted by atomic mass is 9.98. The summed E-state index contributed by atoms with van der Waals surface area (Å²) in [6.07, 6.45) is 1.10. The van der Waals surface area contributed by atoms with E-state index in [1.54, 1.807) is 0 Å².